The van der Waals surface area contributed by atoms with E-state index < -0.39 is 0 Å². The van der Waals surface area contributed by atoms with Gasteiger partial charge in [-0.15, -0.1) is 0 Å². The maximum absolute atomic E-state index is 5.86. The summed E-state index contributed by atoms with van der Waals surface area (Å²) in [5.74, 6) is 0. The molecule has 1 saturated heterocycles. The lowest BCUT2D eigenvalue weighted by atomic mass is 10.1. The summed E-state index contributed by atoms with van der Waals surface area (Å²) in [5.41, 5.74) is 4.15. The van der Waals surface area contributed by atoms with E-state index in [-0.39, 0.29) is 0 Å². The molecule has 100 valence electrons. The van der Waals surface area contributed by atoms with Crippen LogP contribution in [0.1, 0.15) is 23.6 Å². The molecule has 0 N–H and O–H groups in total. The third-order valence-corrected chi connectivity index (χ3v) is 4.27. The second kappa shape index (κ2) is 6.18. The molecular formula is C15H22BrNO. The van der Waals surface area contributed by atoms with Gasteiger partial charge in [-0.05, 0) is 37.5 Å². The SMILES string of the molecule is Cc1ccc(CN2CC(C)OC(CBr)C2)cc1C. The summed E-state index contributed by atoms with van der Waals surface area (Å²) in [7, 11) is 0. The first-order valence-corrected chi connectivity index (χ1v) is 7.70. The molecule has 3 heteroatoms. The van der Waals surface area contributed by atoms with Gasteiger partial charge in [-0.25, -0.2) is 0 Å². The molecule has 1 fully saturated rings. The van der Waals surface area contributed by atoms with Gasteiger partial charge in [0.25, 0.3) is 0 Å². The van der Waals surface area contributed by atoms with Crippen molar-refractivity contribution in [3.8, 4) is 0 Å². The van der Waals surface area contributed by atoms with Crippen molar-refractivity contribution in [2.45, 2.75) is 39.5 Å². The first-order chi connectivity index (χ1) is 8.58. The highest BCUT2D eigenvalue weighted by atomic mass is 79.9. The summed E-state index contributed by atoms with van der Waals surface area (Å²) in [6, 6.07) is 6.76. The van der Waals surface area contributed by atoms with E-state index in [1.54, 1.807) is 0 Å². The fraction of sp³-hybridized carbons (Fsp3) is 0.600. The zero-order valence-electron chi connectivity index (χ0n) is 11.4. The zero-order chi connectivity index (χ0) is 13.1. The molecule has 0 amide bonds. The van der Waals surface area contributed by atoms with Crippen LogP contribution in [0.4, 0.5) is 0 Å². The van der Waals surface area contributed by atoms with Crippen LogP contribution in [0.2, 0.25) is 0 Å². The number of aryl methyl sites for hydroxylation is 2. The third kappa shape index (κ3) is 3.56. The third-order valence-electron chi connectivity index (χ3n) is 3.55. The summed E-state index contributed by atoms with van der Waals surface area (Å²) < 4.78 is 5.86. The van der Waals surface area contributed by atoms with Crippen molar-refractivity contribution in [3.05, 3.63) is 34.9 Å². The maximum Gasteiger partial charge on any atom is 0.0802 e. The lowest BCUT2D eigenvalue weighted by Crippen LogP contribution is -2.46. The predicted molar refractivity (Wildman–Crippen MR) is 79.3 cm³/mol. The normalized spacial score (nSPS) is 25.3. The molecule has 1 aliphatic rings. The minimum atomic E-state index is 0.320. The number of morpholine rings is 1. The monoisotopic (exact) mass is 311 g/mol. The molecular weight excluding hydrogens is 290 g/mol. The van der Waals surface area contributed by atoms with E-state index in [4.69, 9.17) is 4.74 Å². The van der Waals surface area contributed by atoms with Crippen molar-refractivity contribution in [3.63, 3.8) is 0 Å². The zero-order valence-corrected chi connectivity index (χ0v) is 13.0. The Hall–Kier alpha value is -0.380. The molecule has 0 radical (unpaired) electrons. The lowest BCUT2D eigenvalue weighted by Gasteiger charge is -2.36. The van der Waals surface area contributed by atoms with Crippen molar-refractivity contribution in [2.24, 2.45) is 0 Å². The molecule has 1 aliphatic heterocycles. The second-order valence-corrected chi connectivity index (χ2v) is 5.98. The summed E-state index contributed by atoms with van der Waals surface area (Å²) in [6.07, 6.45) is 0.646. The summed E-state index contributed by atoms with van der Waals surface area (Å²) in [6.45, 7) is 9.57. The second-order valence-electron chi connectivity index (χ2n) is 5.34. The fourth-order valence-electron chi connectivity index (χ4n) is 2.52. The highest BCUT2D eigenvalue weighted by Crippen LogP contribution is 2.17. The molecule has 0 aromatic heterocycles. The van der Waals surface area contributed by atoms with E-state index in [1.165, 1.54) is 16.7 Å². The predicted octanol–water partition coefficient (Wildman–Crippen LogP) is 3.29. The summed E-state index contributed by atoms with van der Waals surface area (Å²) in [5, 5.41) is 0.917. The molecule has 2 nitrogen and oxygen atoms in total. The van der Waals surface area contributed by atoms with Gasteiger partial charge >= 0.3 is 0 Å². The van der Waals surface area contributed by atoms with Crippen LogP contribution in [0.5, 0.6) is 0 Å². The Balaban J connectivity index is 2.01. The standard InChI is InChI=1S/C15H22BrNO/c1-11-4-5-14(6-12(11)2)9-17-8-13(3)18-15(7-16)10-17/h4-6,13,15H,7-10H2,1-3H3. The number of halogens is 1. The molecule has 1 heterocycles. The Morgan fingerprint density at radius 1 is 1.28 bits per heavy atom. The Morgan fingerprint density at radius 2 is 2.06 bits per heavy atom. The highest BCUT2D eigenvalue weighted by Gasteiger charge is 2.24. The van der Waals surface area contributed by atoms with E-state index in [0.29, 0.717) is 12.2 Å². The number of hydrogen-bond donors (Lipinski definition) is 0. The van der Waals surface area contributed by atoms with Gasteiger partial charge in [-0.2, -0.15) is 0 Å². The number of alkyl halides is 1. The van der Waals surface area contributed by atoms with Crippen LogP contribution in [0, 0.1) is 13.8 Å². The number of ether oxygens (including phenoxy) is 1. The van der Waals surface area contributed by atoms with Crippen LogP contribution in [0.15, 0.2) is 18.2 Å². The average Bonchev–Trinajstić information content (AvgIpc) is 2.33. The van der Waals surface area contributed by atoms with Crippen molar-refractivity contribution in [1.29, 1.82) is 0 Å². The quantitative estimate of drug-likeness (QED) is 0.794. The van der Waals surface area contributed by atoms with Gasteiger partial charge in [0.2, 0.25) is 0 Å². The summed E-state index contributed by atoms with van der Waals surface area (Å²) >= 11 is 3.52. The Kier molecular flexibility index (Phi) is 4.82. The molecule has 1 aromatic rings. The van der Waals surface area contributed by atoms with Crippen LogP contribution < -0.4 is 0 Å². The van der Waals surface area contributed by atoms with Gasteiger partial charge in [0.15, 0.2) is 0 Å². The number of nitrogens with zero attached hydrogens (tertiary/aromatic N) is 1. The first-order valence-electron chi connectivity index (χ1n) is 6.58. The minimum absolute atomic E-state index is 0.320. The molecule has 18 heavy (non-hydrogen) atoms. The number of hydrogen-bond acceptors (Lipinski definition) is 2. The van der Waals surface area contributed by atoms with Crippen molar-refractivity contribution < 1.29 is 4.74 Å². The van der Waals surface area contributed by atoms with Crippen molar-refractivity contribution >= 4 is 15.9 Å². The highest BCUT2D eigenvalue weighted by molar-refractivity contribution is 9.09. The van der Waals surface area contributed by atoms with Gasteiger partial charge in [-0.3, -0.25) is 4.90 Å². The van der Waals surface area contributed by atoms with E-state index in [0.717, 1.165) is 25.0 Å². The molecule has 0 bridgehead atoms. The van der Waals surface area contributed by atoms with Gasteiger partial charge < -0.3 is 4.74 Å². The van der Waals surface area contributed by atoms with E-state index >= 15 is 0 Å². The fourth-order valence-corrected chi connectivity index (χ4v) is 2.87. The number of rotatable bonds is 3. The smallest absolute Gasteiger partial charge is 0.0802 e. The van der Waals surface area contributed by atoms with Crippen molar-refractivity contribution in [1.82, 2.24) is 4.90 Å². The Bertz CT molecular complexity index is 407. The Morgan fingerprint density at radius 3 is 2.72 bits per heavy atom. The van der Waals surface area contributed by atoms with Gasteiger partial charge in [0.05, 0.1) is 12.2 Å². The van der Waals surface area contributed by atoms with Crippen LogP contribution in [-0.4, -0.2) is 35.5 Å². The van der Waals surface area contributed by atoms with Crippen LogP contribution in [-0.2, 0) is 11.3 Å². The van der Waals surface area contributed by atoms with Crippen LogP contribution in [0.25, 0.3) is 0 Å². The van der Waals surface area contributed by atoms with Gasteiger partial charge in [0.1, 0.15) is 0 Å². The molecule has 2 atom stereocenters. The lowest BCUT2D eigenvalue weighted by molar-refractivity contribution is -0.0678. The van der Waals surface area contributed by atoms with E-state index in [2.05, 4.69) is 59.8 Å². The van der Waals surface area contributed by atoms with Gasteiger partial charge in [-0.1, -0.05) is 34.1 Å². The molecule has 1 aromatic carbocycles. The van der Waals surface area contributed by atoms with Crippen molar-refractivity contribution in [2.75, 3.05) is 18.4 Å². The van der Waals surface area contributed by atoms with Crippen LogP contribution >= 0.6 is 15.9 Å². The topological polar surface area (TPSA) is 12.5 Å². The average molecular weight is 312 g/mol. The van der Waals surface area contributed by atoms with Crippen LogP contribution in [0.3, 0.4) is 0 Å². The maximum atomic E-state index is 5.86. The molecule has 0 saturated carbocycles. The Labute approximate surface area is 118 Å². The number of benzene rings is 1. The molecule has 2 unspecified atom stereocenters. The summed E-state index contributed by atoms with van der Waals surface area (Å²) in [4.78, 5) is 2.49. The van der Waals surface area contributed by atoms with Gasteiger partial charge in [0, 0.05) is 25.0 Å². The molecule has 2 rings (SSSR count). The minimum Gasteiger partial charge on any atom is -0.372 e. The van der Waals surface area contributed by atoms with E-state index in [9.17, 15) is 0 Å². The van der Waals surface area contributed by atoms with E-state index in [1.807, 2.05) is 0 Å². The molecule has 0 spiro atoms. The molecule has 0 aliphatic carbocycles. The largest absolute Gasteiger partial charge is 0.372 e. The first kappa shape index (κ1) is 14.0.